The fourth-order valence-corrected chi connectivity index (χ4v) is 5.15. The lowest BCUT2D eigenvalue weighted by atomic mass is 9.97. The second-order valence-corrected chi connectivity index (χ2v) is 9.68. The van der Waals surface area contributed by atoms with Gasteiger partial charge in [-0.25, -0.2) is 4.39 Å². The number of nitrogens with zero attached hydrogens (tertiary/aromatic N) is 1. The van der Waals surface area contributed by atoms with Crippen LogP contribution in [-0.4, -0.2) is 30.8 Å². The van der Waals surface area contributed by atoms with Crippen LogP contribution in [0.3, 0.4) is 0 Å². The van der Waals surface area contributed by atoms with Gasteiger partial charge in [-0.15, -0.1) is 0 Å². The fraction of sp³-hybridized carbons (Fsp3) is 0.290. The number of benzene rings is 3. The number of hydrogen-bond acceptors (Lipinski definition) is 7. The van der Waals surface area contributed by atoms with Crippen LogP contribution < -0.4 is 24.4 Å². The molecule has 0 N–H and O–H groups in total. The Hall–Kier alpha value is -4.53. The number of carbonyl (C=O) groups is 1. The number of rotatable bonds is 9. The van der Waals surface area contributed by atoms with E-state index in [1.54, 1.807) is 23.1 Å². The fourth-order valence-electron chi connectivity index (χ4n) is 5.15. The molecule has 1 aromatic heterocycles. The zero-order valence-electron chi connectivity index (χ0n) is 22.2. The predicted octanol–water partition coefficient (Wildman–Crippen LogP) is 5.98. The van der Waals surface area contributed by atoms with Crippen LogP contribution in [-0.2, 0) is 6.54 Å². The summed E-state index contributed by atoms with van der Waals surface area (Å²) in [6.45, 7) is 5.19. The van der Waals surface area contributed by atoms with Crippen molar-refractivity contribution in [1.82, 2.24) is 4.90 Å². The highest BCUT2D eigenvalue weighted by Crippen LogP contribution is 2.42. The molecular weight excluding hydrogens is 517 g/mol. The van der Waals surface area contributed by atoms with Crippen molar-refractivity contribution in [2.75, 3.05) is 20.0 Å². The van der Waals surface area contributed by atoms with Crippen LogP contribution in [0.1, 0.15) is 60.0 Å². The summed E-state index contributed by atoms with van der Waals surface area (Å²) in [7, 11) is 0. The summed E-state index contributed by atoms with van der Waals surface area (Å²) in [4.78, 5) is 29.2. The van der Waals surface area contributed by atoms with Crippen LogP contribution in [0.2, 0.25) is 0 Å². The van der Waals surface area contributed by atoms with Crippen molar-refractivity contribution >= 4 is 16.9 Å². The minimum atomic E-state index is -0.805. The largest absolute Gasteiger partial charge is 0.490 e. The average molecular weight is 546 g/mol. The highest BCUT2D eigenvalue weighted by Gasteiger charge is 2.43. The van der Waals surface area contributed by atoms with E-state index in [0.29, 0.717) is 41.8 Å². The minimum Gasteiger partial charge on any atom is -0.490 e. The second kappa shape index (κ2) is 10.6. The first kappa shape index (κ1) is 25.7. The Balaban J connectivity index is 1.48. The number of halogens is 1. The maximum Gasteiger partial charge on any atom is 0.291 e. The summed E-state index contributed by atoms with van der Waals surface area (Å²) < 4.78 is 42.9. The van der Waals surface area contributed by atoms with Crippen LogP contribution in [0.15, 0.2) is 63.8 Å². The van der Waals surface area contributed by atoms with Crippen LogP contribution in [0.5, 0.6) is 23.0 Å². The first-order chi connectivity index (χ1) is 19.5. The molecule has 0 bridgehead atoms. The van der Waals surface area contributed by atoms with Crippen LogP contribution in [0.25, 0.3) is 11.0 Å². The highest BCUT2D eigenvalue weighted by atomic mass is 19.1. The van der Waals surface area contributed by atoms with Crippen molar-refractivity contribution < 1.29 is 32.5 Å². The predicted molar refractivity (Wildman–Crippen MR) is 145 cm³/mol. The Morgan fingerprint density at radius 2 is 1.80 bits per heavy atom. The third-order valence-electron chi connectivity index (χ3n) is 7.06. The van der Waals surface area contributed by atoms with Gasteiger partial charge in [-0.1, -0.05) is 25.5 Å². The number of hydrogen-bond donors (Lipinski definition) is 0. The quantitative estimate of drug-likeness (QED) is 0.239. The van der Waals surface area contributed by atoms with Gasteiger partial charge in [0.25, 0.3) is 5.91 Å². The van der Waals surface area contributed by atoms with Crippen molar-refractivity contribution in [3.05, 3.63) is 93.1 Å². The molecule has 40 heavy (non-hydrogen) atoms. The average Bonchev–Trinajstić information content (AvgIpc) is 3.53. The topological polar surface area (TPSA) is 87.4 Å². The van der Waals surface area contributed by atoms with E-state index >= 15 is 0 Å². The third kappa shape index (κ3) is 4.51. The Bertz CT molecular complexity index is 1660. The van der Waals surface area contributed by atoms with Gasteiger partial charge in [-0.3, -0.25) is 9.59 Å². The van der Waals surface area contributed by atoms with Crippen molar-refractivity contribution in [2.24, 2.45) is 0 Å². The molecule has 9 heteroatoms. The Morgan fingerprint density at radius 1 is 0.950 bits per heavy atom. The summed E-state index contributed by atoms with van der Waals surface area (Å²) in [5.41, 5.74) is 1.27. The van der Waals surface area contributed by atoms with E-state index in [1.807, 2.05) is 25.1 Å². The molecule has 1 atom stereocenters. The van der Waals surface area contributed by atoms with Crippen molar-refractivity contribution in [3.8, 4) is 23.0 Å². The summed E-state index contributed by atoms with van der Waals surface area (Å²) in [6.07, 6.45) is 1.88. The molecule has 2 aliphatic rings. The SMILES string of the molecule is CCCCOc1ccc([C@@H]2c3c(oc4ccc(F)cc4c3=O)C(=O)N2Cc2ccc3c(c2)OCO3)cc1OCC. The molecule has 8 nitrogen and oxygen atoms in total. The summed E-state index contributed by atoms with van der Waals surface area (Å²) in [6, 6.07) is 13.7. The van der Waals surface area contributed by atoms with E-state index in [1.165, 1.54) is 12.1 Å². The van der Waals surface area contributed by atoms with Crippen molar-refractivity contribution in [1.29, 1.82) is 0 Å². The molecule has 2 aliphatic heterocycles. The molecule has 206 valence electrons. The Morgan fingerprint density at radius 3 is 2.62 bits per heavy atom. The number of carbonyl (C=O) groups excluding carboxylic acids is 1. The van der Waals surface area contributed by atoms with Gasteiger partial charge in [0.15, 0.2) is 28.4 Å². The maximum atomic E-state index is 14.1. The van der Waals surface area contributed by atoms with E-state index in [-0.39, 0.29) is 35.6 Å². The third-order valence-corrected chi connectivity index (χ3v) is 7.06. The smallest absolute Gasteiger partial charge is 0.291 e. The lowest BCUT2D eigenvalue weighted by molar-refractivity contribution is 0.0714. The molecule has 0 unspecified atom stereocenters. The molecule has 0 aliphatic carbocycles. The van der Waals surface area contributed by atoms with E-state index < -0.39 is 23.2 Å². The zero-order chi connectivity index (χ0) is 27.8. The molecule has 3 aromatic carbocycles. The molecule has 0 spiro atoms. The second-order valence-electron chi connectivity index (χ2n) is 9.68. The first-order valence-corrected chi connectivity index (χ1v) is 13.3. The van der Waals surface area contributed by atoms with Gasteiger partial charge in [0.1, 0.15) is 11.4 Å². The van der Waals surface area contributed by atoms with Gasteiger partial charge >= 0.3 is 0 Å². The molecule has 0 saturated heterocycles. The standard InChI is InChI=1S/C31H28FNO7/c1-3-5-12-37-23-10-7-19(14-26(23)36-4-2)28-27-29(34)21-15-20(32)8-11-22(21)40-30(27)31(35)33(28)16-18-6-9-24-25(13-18)39-17-38-24/h6-11,13-15,28H,3-5,12,16-17H2,1-2H3/t28-/m1/s1. The van der Waals surface area contributed by atoms with Crippen LogP contribution in [0, 0.1) is 5.82 Å². The number of amides is 1. The van der Waals surface area contributed by atoms with Gasteiger partial charge < -0.3 is 28.3 Å². The van der Waals surface area contributed by atoms with Crippen molar-refractivity contribution in [3.63, 3.8) is 0 Å². The summed E-state index contributed by atoms with van der Waals surface area (Å²) in [5, 5.41) is 0.0750. The highest BCUT2D eigenvalue weighted by molar-refractivity contribution is 5.99. The number of unbranched alkanes of at least 4 members (excludes halogenated alkanes) is 1. The Kier molecular flexibility index (Phi) is 6.79. The Labute approximate surface area is 229 Å². The molecule has 0 saturated carbocycles. The van der Waals surface area contributed by atoms with Gasteiger partial charge in [-0.05, 0) is 66.9 Å². The van der Waals surface area contributed by atoms with Crippen LogP contribution in [0.4, 0.5) is 4.39 Å². The minimum absolute atomic E-state index is 0.0592. The molecule has 0 radical (unpaired) electrons. The maximum absolute atomic E-state index is 14.1. The summed E-state index contributed by atoms with van der Waals surface area (Å²) in [5.74, 6) is 1.24. The number of ether oxygens (including phenoxy) is 4. The molecule has 3 heterocycles. The van der Waals surface area contributed by atoms with E-state index in [2.05, 4.69) is 6.92 Å². The normalized spacial score (nSPS) is 15.5. The van der Waals surface area contributed by atoms with Gasteiger partial charge in [-0.2, -0.15) is 0 Å². The van der Waals surface area contributed by atoms with Gasteiger partial charge in [0.2, 0.25) is 12.6 Å². The molecule has 0 fully saturated rings. The van der Waals surface area contributed by atoms with E-state index in [9.17, 15) is 14.0 Å². The van der Waals surface area contributed by atoms with E-state index in [0.717, 1.165) is 24.5 Å². The van der Waals surface area contributed by atoms with Crippen LogP contribution >= 0.6 is 0 Å². The summed E-state index contributed by atoms with van der Waals surface area (Å²) >= 11 is 0. The molecule has 4 aromatic rings. The van der Waals surface area contributed by atoms with Gasteiger partial charge in [0.05, 0.1) is 30.2 Å². The number of fused-ring (bicyclic) bond motifs is 3. The van der Waals surface area contributed by atoms with Crippen molar-refractivity contribution in [2.45, 2.75) is 39.3 Å². The van der Waals surface area contributed by atoms with E-state index in [4.69, 9.17) is 23.4 Å². The van der Waals surface area contributed by atoms with Gasteiger partial charge in [0, 0.05) is 6.54 Å². The monoisotopic (exact) mass is 545 g/mol. The molecule has 1 amide bonds. The first-order valence-electron chi connectivity index (χ1n) is 13.3. The molecular formula is C31H28FNO7. The lowest BCUT2D eigenvalue weighted by Crippen LogP contribution is -2.29. The lowest BCUT2D eigenvalue weighted by Gasteiger charge is -2.26. The zero-order valence-corrected chi connectivity index (χ0v) is 22.2. The molecule has 6 rings (SSSR count).